The smallest absolute Gasteiger partial charge is 0.410 e. The Balaban J connectivity index is 1.67. The predicted molar refractivity (Wildman–Crippen MR) is 92.6 cm³/mol. The molecular formula is C17H16ClN3O5. The maximum atomic E-state index is 11.9. The number of carbonyl (C=O) groups is 2. The van der Waals surface area contributed by atoms with Gasteiger partial charge >= 0.3 is 12.1 Å². The van der Waals surface area contributed by atoms with E-state index in [1.165, 1.54) is 4.90 Å². The van der Waals surface area contributed by atoms with Crippen molar-refractivity contribution in [2.24, 2.45) is 0 Å². The van der Waals surface area contributed by atoms with Crippen LogP contribution < -0.4 is 4.90 Å². The number of hydrogen-bond acceptors (Lipinski definition) is 6. The molecule has 2 aliphatic rings. The Morgan fingerprint density at radius 1 is 1.31 bits per heavy atom. The molecular weight excluding hydrogens is 362 g/mol. The molecule has 1 aromatic heterocycles. The second kappa shape index (κ2) is 5.91. The first-order valence-electron chi connectivity index (χ1n) is 8.06. The van der Waals surface area contributed by atoms with Gasteiger partial charge in [-0.2, -0.15) is 0 Å². The summed E-state index contributed by atoms with van der Waals surface area (Å²) >= 11 is 5.89. The van der Waals surface area contributed by atoms with E-state index in [9.17, 15) is 14.7 Å². The number of amides is 1. The lowest BCUT2D eigenvalue weighted by molar-refractivity contribution is 0.0692. The van der Waals surface area contributed by atoms with E-state index in [0.717, 1.165) is 0 Å². The van der Waals surface area contributed by atoms with E-state index in [4.69, 9.17) is 20.9 Å². The number of aromatic carboxylic acids is 1. The molecule has 2 aliphatic heterocycles. The van der Waals surface area contributed by atoms with Gasteiger partial charge in [-0.25, -0.2) is 9.59 Å². The van der Waals surface area contributed by atoms with Crippen LogP contribution in [0.5, 0.6) is 0 Å². The molecule has 1 unspecified atom stereocenters. The Kier molecular flexibility index (Phi) is 3.80. The summed E-state index contributed by atoms with van der Waals surface area (Å²) < 4.78 is 10.9. The average molecular weight is 378 g/mol. The molecule has 9 heteroatoms. The highest BCUT2D eigenvalue weighted by molar-refractivity contribution is 6.30. The minimum Gasteiger partial charge on any atom is -0.477 e. The van der Waals surface area contributed by atoms with Gasteiger partial charge in [0.15, 0.2) is 22.7 Å². The summed E-state index contributed by atoms with van der Waals surface area (Å²) in [4.78, 5) is 26.9. The predicted octanol–water partition coefficient (Wildman–Crippen LogP) is 2.72. The van der Waals surface area contributed by atoms with Crippen LogP contribution in [0.25, 0.3) is 11.3 Å². The summed E-state index contributed by atoms with van der Waals surface area (Å²) in [5, 5.41) is 14.2. The van der Waals surface area contributed by atoms with Gasteiger partial charge in [0.1, 0.15) is 0 Å². The first-order chi connectivity index (χ1) is 12.4. The van der Waals surface area contributed by atoms with Gasteiger partial charge in [-0.3, -0.25) is 0 Å². The maximum absolute atomic E-state index is 11.9. The van der Waals surface area contributed by atoms with Crippen molar-refractivity contribution in [3.8, 4) is 11.3 Å². The standard InChI is InChI=1S/C17H16ClN3O5/c1-20-8-17(25-16(20)24)6-7-21(9-17)14-12(15(22)23)13(26-19-14)10-2-4-11(18)5-3-10/h2-5H,6-9H2,1H3,(H,22,23). The minimum absolute atomic E-state index is 0.0120. The largest absolute Gasteiger partial charge is 0.477 e. The summed E-state index contributed by atoms with van der Waals surface area (Å²) in [7, 11) is 1.68. The summed E-state index contributed by atoms with van der Waals surface area (Å²) in [5.41, 5.74) is -0.0744. The number of anilines is 1. The van der Waals surface area contributed by atoms with Crippen LogP contribution >= 0.6 is 11.6 Å². The van der Waals surface area contributed by atoms with Crippen LogP contribution in [0.4, 0.5) is 10.6 Å². The third-order valence-corrected chi connectivity index (χ3v) is 5.00. The molecule has 26 heavy (non-hydrogen) atoms. The molecule has 3 heterocycles. The number of halogens is 1. The number of ether oxygens (including phenoxy) is 1. The molecule has 0 radical (unpaired) electrons. The molecule has 2 saturated heterocycles. The van der Waals surface area contributed by atoms with Crippen molar-refractivity contribution in [1.82, 2.24) is 10.1 Å². The first kappa shape index (κ1) is 16.7. The molecule has 2 aromatic rings. The van der Waals surface area contributed by atoms with E-state index in [1.807, 2.05) is 0 Å². The molecule has 136 valence electrons. The number of benzene rings is 1. The fraction of sp³-hybridized carbons (Fsp3) is 0.353. The highest BCUT2D eigenvalue weighted by atomic mass is 35.5. The van der Waals surface area contributed by atoms with E-state index in [0.29, 0.717) is 36.6 Å². The zero-order valence-electron chi connectivity index (χ0n) is 13.9. The average Bonchev–Trinajstić information content (AvgIpc) is 3.26. The van der Waals surface area contributed by atoms with E-state index in [2.05, 4.69) is 5.16 Å². The minimum atomic E-state index is -1.13. The number of likely N-dealkylation sites (N-methyl/N-ethyl adjacent to an activating group) is 1. The van der Waals surface area contributed by atoms with Gasteiger partial charge in [0.2, 0.25) is 0 Å². The van der Waals surface area contributed by atoms with Crippen LogP contribution in [-0.4, -0.2) is 59.5 Å². The topological polar surface area (TPSA) is 96.1 Å². The normalized spacial score (nSPS) is 22.3. The highest BCUT2D eigenvalue weighted by Gasteiger charge is 2.49. The van der Waals surface area contributed by atoms with Crippen LogP contribution in [0.1, 0.15) is 16.8 Å². The van der Waals surface area contributed by atoms with Crippen molar-refractivity contribution in [3.05, 3.63) is 34.9 Å². The van der Waals surface area contributed by atoms with Crippen LogP contribution in [0.2, 0.25) is 5.02 Å². The molecule has 0 saturated carbocycles. The molecule has 1 atom stereocenters. The van der Waals surface area contributed by atoms with Gasteiger partial charge in [0.05, 0.1) is 13.1 Å². The number of aromatic nitrogens is 1. The van der Waals surface area contributed by atoms with Gasteiger partial charge < -0.3 is 24.2 Å². The summed E-state index contributed by atoms with van der Waals surface area (Å²) in [6, 6.07) is 6.67. The third kappa shape index (κ3) is 2.66. The highest BCUT2D eigenvalue weighted by Crippen LogP contribution is 2.38. The lowest BCUT2D eigenvalue weighted by atomic mass is 10.0. The molecule has 4 rings (SSSR count). The molecule has 1 N–H and O–H groups in total. The Morgan fingerprint density at radius 3 is 2.65 bits per heavy atom. The van der Waals surface area contributed by atoms with E-state index >= 15 is 0 Å². The lowest BCUT2D eigenvalue weighted by Crippen LogP contribution is -2.37. The van der Waals surface area contributed by atoms with E-state index < -0.39 is 11.6 Å². The molecule has 0 bridgehead atoms. The Bertz CT molecular complexity index is 881. The summed E-state index contributed by atoms with van der Waals surface area (Å²) in [6.07, 6.45) is 0.234. The lowest BCUT2D eigenvalue weighted by Gasteiger charge is -2.21. The van der Waals surface area contributed by atoms with Gasteiger partial charge in [-0.05, 0) is 24.3 Å². The van der Waals surface area contributed by atoms with E-state index in [1.54, 1.807) is 36.2 Å². The Hall–Kier alpha value is -2.74. The number of carboxylic acids is 1. The maximum Gasteiger partial charge on any atom is 0.410 e. The second-order valence-electron chi connectivity index (χ2n) is 6.60. The molecule has 0 aliphatic carbocycles. The first-order valence-corrected chi connectivity index (χ1v) is 8.44. The number of hydrogen-bond donors (Lipinski definition) is 1. The Morgan fingerprint density at radius 2 is 2.04 bits per heavy atom. The SMILES string of the molecule is CN1CC2(CCN(c3noc(-c4ccc(Cl)cc4)c3C(=O)O)C2)OC1=O. The third-order valence-electron chi connectivity index (χ3n) is 4.75. The quantitative estimate of drug-likeness (QED) is 0.878. The molecule has 1 amide bonds. The van der Waals surface area contributed by atoms with Crippen LogP contribution in [0.3, 0.4) is 0 Å². The van der Waals surface area contributed by atoms with Crippen LogP contribution in [-0.2, 0) is 4.74 Å². The summed E-state index contributed by atoms with van der Waals surface area (Å²) in [5.74, 6) is -0.719. The number of carboxylic acid groups (broad SMARTS) is 1. The molecule has 1 aromatic carbocycles. The number of carbonyl (C=O) groups excluding carboxylic acids is 1. The fourth-order valence-corrected chi connectivity index (χ4v) is 3.64. The monoisotopic (exact) mass is 377 g/mol. The second-order valence-corrected chi connectivity index (χ2v) is 7.04. The van der Waals surface area contributed by atoms with Gasteiger partial charge in [-0.15, -0.1) is 0 Å². The van der Waals surface area contributed by atoms with Gasteiger partial charge in [-0.1, -0.05) is 16.8 Å². The Labute approximate surface area is 153 Å². The van der Waals surface area contributed by atoms with Crippen molar-refractivity contribution in [3.63, 3.8) is 0 Å². The summed E-state index contributed by atoms with van der Waals surface area (Å²) in [6.45, 7) is 1.36. The fourth-order valence-electron chi connectivity index (χ4n) is 3.52. The van der Waals surface area contributed by atoms with Crippen molar-refractivity contribution < 1.29 is 24.0 Å². The van der Waals surface area contributed by atoms with Crippen molar-refractivity contribution in [2.75, 3.05) is 31.6 Å². The van der Waals surface area contributed by atoms with E-state index in [-0.39, 0.29) is 23.2 Å². The number of nitrogens with zero attached hydrogens (tertiary/aromatic N) is 3. The van der Waals surface area contributed by atoms with Gasteiger partial charge in [0, 0.05) is 30.6 Å². The number of rotatable bonds is 3. The van der Waals surface area contributed by atoms with Crippen LogP contribution in [0, 0.1) is 0 Å². The molecule has 1 spiro atoms. The van der Waals surface area contributed by atoms with Gasteiger partial charge in [0.25, 0.3) is 0 Å². The van der Waals surface area contributed by atoms with Crippen molar-refractivity contribution in [1.29, 1.82) is 0 Å². The molecule has 8 nitrogen and oxygen atoms in total. The zero-order valence-corrected chi connectivity index (χ0v) is 14.7. The van der Waals surface area contributed by atoms with Crippen molar-refractivity contribution in [2.45, 2.75) is 12.0 Å². The van der Waals surface area contributed by atoms with Crippen molar-refractivity contribution >= 4 is 29.5 Å². The van der Waals surface area contributed by atoms with Crippen LogP contribution in [0.15, 0.2) is 28.8 Å². The zero-order chi connectivity index (χ0) is 18.5. The molecule has 2 fully saturated rings.